The summed E-state index contributed by atoms with van der Waals surface area (Å²) in [6.07, 6.45) is -10.2. The number of carbonyl (C=O) groups excluding carboxylic acids is 5. The molecule has 2 fully saturated rings. The van der Waals surface area contributed by atoms with Crippen LogP contribution in [0.25, 0.3) is 27.1 Å². The van der Waals surface area contributed by atoms with Crippen LogP contribution in [0.5, 0.6) is 0 Å². The molecule has 4 amide bonds. The van der Waals surface area contributed by atoms with Gasteiger partial charge in [-0.15, -0.1) is 0 Å². The number of nitrogens with one attached hydrogen (secondary N) is 1. The third-order valence-corrected chi connectivity index (χ3v) is 10.6. The number of hydrogen-bond acceptors (Lipinski definition) is 11. The molecule has 0 spiro atoms. The molecule has 2 aromatic heterocycles. The molecular formula is C47H49F8N9O7. The van der Waals surface area contributed by atoms with Crippen molar-refractivity contribution < 1.29 is 68.6 Å². The molecular weight excluding hydrogens is 955 g/mol. The van der Waals surface area contributed by atoms with Gasteiger partial charge in [0.15, 0.2) is 11.5 Å². The first-order valence-electron chi connectivity index (χ1n) is 21.8. The lowest BCUT2D eigenvalue weighted by Crippen LogP contribution is -2.50. The molecule has 6 rings (SSSR count). The SMILES string of the molecule is CC(C)(C)OC(=O)N1CC[C@H](F)[C@H]1C(=O)NCc1cc(-c2cnc(C(F)(F)F)nc2)ccc1C(N)=O.[C-]#[N+]c1ccc(-c2cnc(C(F)(F)F)nc2)cc1CCC(=O)[C@@H]1[C@@H](F)CCN1C(=O)OC(C)(C)C. The second kappa shape index (κ2) is 21.8. The van der Waals surface area contributed by atoms with Crippen LogP contribution in [-0.4, -0.2) is 108 Å². The molecule has 2 saturated heterocycles. The highest BCUT2D eigenvalue weighted by Crippen LogP contribution is 2.33. The van der Waals surface area contributed by atoms with Gasteiger partial charge in [0, 0.05) is 67.5 Å². The number of amides is 4. The largest absolute Gasteiger partial charge is 0.451 e. The number of aryl methyl sites for hydroxylation is 1. The van der Waals surface area contributed by atoms with Crippen molar-refractivity contribution in [1.29, 1.82) is 0 Å². The van der Waals surface area contributed by atoms with Crippen molar-refractivity contribution >= 4 is 35.5 Å². The van der Waals surface area contributed by atoms with Gasteiger partial charge in [-0.2, -0.15) is 26.3 Å². The van der Waals surface area contributed by atoms with Gasteiger partial charge in [0.05, 0.1) is 6.57 Å². The van der Waals surface area contributed by atoms with Crippen LogP contribution < -0.4 is 11.1 Å². The number of nitrogens with two attached hydrogens (primary N) is 1. The minimum atomic E-state index is -4.70. The molecule has 2 aromatic carbocycles. The Kier molecular flexibility index (Phi) is 16.7. The van der Waals surface area contributed by atoms with Gasteiger partial charge in [-0.1, -0.05) is 24.3 Å². The zero-order valence-electron chi connectivity index (χ0n) is 39.1. The Morgan fingerprint density at radius 3 is 1.56 bits per heavy atom. The predicted molar refractivity (Wildman–Crippen MR) is 237 cm³/mol. The number of alkyl halides is 8. The lowest BCUT2D eigenvalue weighted by Gasteiger charge is -2.28. The van der Waals surface area contributed by atoms with Gasteiger partial charge >= 0.3 is 24.5 Å². The summed E-state index contributed by atoms with van der Waals surface area (Å²) in [4.78, 5) is 81.3. The standard InChI is InChI=1S/C24H24F4N4O3.C23H25F4N5O4/c1-23(2,3)35-22(34)32-10-9-17(25)20(32)19(33)8-6-15-11-14(5-7-18(15)29-4)16-12-30-21(31-13-16)24(26,27)28;1-22(2,3)36-21(35)32-7-6-16(24)17(32)19(34)29-9-13-8-12(4-5-15(13)18(28)33)14-10-30-20(31-11-14)23(25,26)27/h5,7,11-13,17,20H,6,8-10H2,1-3H3;4-5,8,10-11,16-17H,6-7,9H2,1-3H3,(H2,28,33)(H,29,34)/t17-,20-;16-,17-/m00/s1. The number of halogens is 8. The summed E-state index contributed by atoms with van der Waals surface area (Å²) in [6, 6.07) is 6.12. The minimum absolute atomic E-state index is 0.00981. The molecule has 0 unspecified atom stereocenters. The maximum absolute atomic E-state index is 14.5. The van der Waals surface area contributed by atoms with Crippen molar-refractivity contribution in [2.45, 2.75) is 122 Å². The Morgan fingerprint density at radius 1 is 0.690 bits per heavy atom. The molecule has 3 N–H and O–H groups in total. The Bertz CT molecular complexity index is 2650. The van der Waals surface area contributed by atoms with E-state index in [-0.39, 0.29) is 67.7 Å². The average molecular weight is 1000 g/mol. The quantitative estimate of drug-likeness (QED) is 0.114. The predicted octanol–water partition coefficient (Wildman–Crippen LogP) is 8.79. The smallest absolute Gasteiger partial charge is 0.444 e. The molecule has 4 atom stereocenters. The Labute approximate surface area is 402 Å². The summed E-state index contributed by atoms with van der Waals surface area (Å²) in [6.45, 7) is 17.1. The average Bonchev–Trinajstić information content (AvgIpc) is 3.88. The fourth-order valence-electron chi connectivity index (χ4n) is 7.42. The monoisotopic (exact) mass is 1000 g/mol. The van der Waals surface area contributed by atoms with E-state index in [1.165, 1.54) is 24.3 Å². The maximum Gasteiger partial charge on any atom is 0.451 e. The van der Waals surface area contributed by atoms with Gasteiger partial charge in [-0.25, -0.2) is 43.2 Å². The van der Waals surface area contributed by atoms with Crippen LogP contribution in [-0.2, 0) is 44.4 Å². The van der Waals surface area contributed by atoms with Gasteiger partial charge in [0.2, 0.25) is 23.5 Å². The second-order valence-corrected chi connectivity index (χ2v) is 18.3. The first-order valence-corrected chi connectivity index (χ1v) is 21.8. The van der Waals surface area contributed by atoms with Gasteiger partial charge < -0.3 is 20.5 Å². The van der Waals surface area contributed by atoms with Gasteiger partial charge in [-0.3, -0.25) is 24.2 Å². The molecule has 16 nitrogen and oxygen atoms in total. The maximum atomic E-state index is 14.5. The lowest BCUT2D eigenvalue weighted by molar-refractivity contribution is -0.145. The van der Waals surface area contributed by atoms with Crippen LogP contribution in [0, 0.1) is 6.57 Å². The molecule has 4 aromatic rings. The number of likely N-dealkylation sites (tertiary alicyclic amines) is 2. The van der Waals surface area contributed by atoms with Crippen LogP contribution in [0.4, 0.5) is 50.4 Å². The molecule has 2 aliphatic heterocycles. The summed E-state index contributed by atoms with van der Waals surface area (Å²) >= 11 is 0. The highest BCUT2D eigenvalue weighted by atomic mass is 19.4. The van der Waals surface area contributed by atoms with E-state index in [1.807, 2.05) is 0 Å². The van der Waals surface area contributed by atoms with Crippen molar-refractivity contribution in [1.82, 2.24) is 35.1 Å². The Balaban J connectivity index is 0.000000264. The van der Waals surface area contributed by atoms with Crippen LogP contribution in [0.3, 0.4) is 0 Å². The van der Waals surface area contributed by atoms with Gasteiger partial charge in [0.1, 0.15) is 35.6 Å². The van der Waals surface area contributed by atoms with E-state index in [9.17, 15) is 59.1 Å². The number of hydrogen-bond donors (Lipinski definition) is 2. The first kappa shape index (κ1) is 54.6. The highest BCUT2D eigenvalue weighted by molar-refractivity contribution is 5.95. The number of rotatable bonds is 10. The second-order valence-electron chi connectivity index (χ2n) is 18.3. The van der Waals surface area contributed by atoms with Crippen LogP contribution in [0.2, 0.25) is 0 Å². The highest BCUT2D eigenvalue weighted by Gasteiger charge is 2.45. The van der Waals surface area contributed by atoms with E-state index in [0.29, 0.717) is 22.3 Å². The van der Waals surface area contributed by atoms with E-state index < -0.39 is 89.4 Å². The molecule has 24 heteroatoms. The fourth-order valence-corrected chi connectivity index (χ4v) is 7.42. The molecule has 0 aliphatic carbocycles. The molecule has 0 bridgehead atoms. The lowest BCUT2D eigenvalue weighted by atomic mass is 9.97. The normalized spacial score (nSPS) is 18.2. The van der Waals surface area contributed by atoms with Gasteiger partial charge in [0.25, 0.3) is 0 Å². The molecule has 2 aliphatic rings. The van der Waals surface area contributed by atoms with E-state index in [4.69, 9.17) is 21.8 Å². The van der Waals surface area contributed by atoms with Crippen LogP contribution in [0.1, 0.15) is 93.9 Å². The molecule has 380 valence electrons. The zero-order valence-corrected chi connectivity index (χ0v) is 39.1. The number of Topliss-reactive ketones (excluding diaryl/α,β-unsaturated/α-hetero) is 1. The minimum Gasteiger partial charge on any atom is -0.444 e. The fraction of sp³-hybridized carbons (Fsp3) is 0.447. The molecule has 0 saturated carbocycles. The van der Waals surface area contributed by atoms with Crippen LogP contribution >= 0.6 is 0 Å². The number of carbonyl (C=O) groups is 5. The molecule has 0 radical (unpaired) electrons. The van der Waals surface area contributed by atoms with E-state index in [0.717, 1.165) is 34.6 Å². The van der Waals surface area contributed by atoms with Crippen LogP contribution in [0.15, 0.2) is 61.2 Å². The Hall–Kier alpha value is -7.32. The number of ketones is 1. The topological polar surface area (TPSA) is 204 Å². The molecule has 71 heavy (non-hydrogen) atoms. The summed E-state index contributed by atoms with van der Waals surface area (Å²) < 4.78 is 116. The number of nitrogens with zero attached hydrogens (tertiary/aromatic N) is 7. The van der Waals surface area contributed by atoms with Crippen molar-refractivity contribution in [3.63, 3.8) is 0 Å². The zero-order chi connectivity index (χ0) is 52.8. The number of primary amides is 1. The van der Waals surface area contributed by atoms with Crippen molar-refractivity contribution in [2.75, 3.05) is 13.1 Å². The van der Waals surface area contributed by atoms with E-state index in [2.05, 4.69) is 30.1 Å². The summed E-state index contributed by atoms with van der Waals surface area (Å²) in [5.74, 6) is -4.69. The summed E-state index contributed by atoms with van der Waals surface area (Å²) in [5, 5.41) is 2.51. The van der Waals surface area contributed by atoms with Crippen molar-refractivity contribution in [3.8, 4) is 22.3 Å². The Morgan fingerprint density at radius 2 is 1.13 bits per heavy atom. The number of benzene rings is 2. The van der Waals surface area contributed by atoms with E-state index in [1.54, 1.807) is 53.7 Å². The third-order valence-electron chi connectivity index (χ3n) is 10.6. The number of aromatic nitrogens is 4. The first-order chi connectivity index (χ1) is 33.0. The van der Waals surface area contributed by atoms with E-state index >= 15 is 0 Å². The number of ether oxygens (including phenoxy) is 2. The third kappa shape index (κ3) is 14.4. The van der Waals surface area contributed by atoms with Crippen molar-refractivity contribution in [3.05, 3.63) is 101 Å². The molecule has 4 heterocycles. The summed E-state index contributed by atoms with van der Waals surface area (Å²) in [5.41, 5.74) is 6.10. The van der Waals surface area contributed by atoms with Crippen molar-refractivity contribution in [2.24, 2.45) is 5.73 Å². The summed E-state index contributed by atoms with van der Waals surface area (Å²) in [7, 11) is 0. The van der Waals surface area contributed by atoms with Gasteiger partial charge in [-0.05, 0) is 95.2 Å².